The maximum absolute atomic E-state index is 10.9. The predicted molar refractivity (Wildman–Crippen MR) is 450 cm³/mol. The van der Waals surface area contributed by atoms with Crippen LogP contribution in [-0.2, 0) is 11.2 Å². The zero-order valence-electron chi connectivity index (χ0n) is 65.0. The average Bonchev–Trinajstić information content (AvgIpc) is 1.62. The van der Waals surface area contributed by atoms with Crippen LogP contribution < -0.4 is 20.1 Å². The Bertz CT molecular complexity index is 5260. The van der Waals surface area contributed by atoms with Crippen LogP contribution in [0.1, 0.15) is 97.0 Å². The maximum atomic E-state index is 10.9. The molecule has 3 N–H and O–H groups in total. The van der Waals surface area contributed by atoms with Gasteiger partial charge in [-0.15, -0.1) is 0 Å². The van der Waals surface area contributed by atoms with Crippen molar-refractivity contribution in [3.05, 3.63) is 330 Å². The van der Waals surface area contributed by atoms with Gasteiger partial charge in [0.25, 0.3) is 5.91 Å². The summed E-state index contributed by atoms with van der Waals surface area (Å²) in [6, 6.07) is 93.9. The number of ether oxygens (including phenoxy) is 2. The van der Waals surface area contributed by atoms with Gasteiger partial charge in [-0.3, -0.25) is 9.79 Å². The number of Topliss-reactive ketones (excluding diaryl/α,β-unsaturated/α-hetero) is 1. The zero-order valence-corrected chi connectivity index (χ0v) is 65.0. The van der Waals surface area contributed by atoms with Gasteiger partial charge in [-0.05, 0) is 207 Å². The van der Waals surface area contributed by atoms with Gasteiger partial charge in [0.05, 0.1) is 36.7 Å². The van der Waals surface area contributed by atoms with Crippen LogP contribution in [0.2, 0.25) is 0 Å². The number of oxazole rings is 2. The smallest absolute Gasteiger partial charge is 0.251 e. The molecule has 0 radical (unpaired) electrons. The first-order valence-electron chi connectivity index (χ1n) is 36.4. The van der Waals surface area contributed by atoms with E-state index in [0.717, 1.165) is 102 Å². The van der Waals surface area contributed by atoms with Crippen molar-refractivity contribution in [2.75, 3.05) is 33.6 Å². The number of fused-ring (bicyclic) bond motifs is 4. The Morgan fingerprint density at radius 3 is 1.42 bits per heavy atom. The van der Waals surface area contributed by atoms with Gasteiger partial charge >= 0.3 is 0 Å². The summed E-state index contributed by atoms with van der Waals surface area (Å²) in [7, 11) is 6.98. The minimum Gasteiger partial charge on any atom is -0.496 e. The molecule has 0 bridgehead atoms. The summed E-state index contributed by atoms with van der Waals surface area (Å²) in [6.07, 6.45) is 0.887. The van der Waals surface area contributed by atoms with E-state index < -0.39 is 0 Å². The van der Waals surface area contributed by atoms with E-state index in [9.17, 15) is 9.59 Å². The Balaban J connectivity index is 0.000000167. The van der Waals surface area contributed by atoms with Crippen LogP contribution in [0.3, 0.4) is 0 Å². The number of carbonyl (C=O) groups excluding carboxylic acids is 2. The van der Waals surface area contributed by atoms with E-state index in [1.165, 1.54) is 69.5 Å². The summed E-state index contributed by atoms with van der Waals surface area (Å²) in [5.74, 6) is 4.32. The van der Waals surface area contributed by atoms with Crippen LogP contribution in [0.4, 0.5) is 11.4 Å². The van der Waals surface area contributed by atoms with Gasteiger partial charge in [0.15, 0.2) is 17.1 Å². The molecule has 16 rings (SSSR count). The number of anilines is 1. The van der Waals surface area contributed by atoms with Gasteiger partial charge in [0, 0.05) is 55.4 Å². The normalized spacial score (nSPS) is 10.5. The van der Waals surface area contributed by atoms with Gasteiger partial charge in [0.1, 0.15) is 34.1 Å². The molecule has 15 aromatic rings. The number of benzene rings is 12. The summed E-state index contributed by atoms with van der Waals surface area (Å²) >= 11 is 0. The molecule has 0 unspecified atom stereocenters. The highest BCUT2D eigenvalue weighted by Crippen LogP contribution is 2.41. The van der Waals surface area contributed by atoms with Crippen molar-refractivity contribution in [1.29, 1.82) is 0 Å². The number of imidazole rings is 1. The quantitative estimate of drug-likeness (QED) is 0.120. The molecule has 1 aliphatic rings. The van der Waals surface area contributed by atoms with E-state index in [2.05, 4.69) is 192 Å². The highest BCUT2D eigenvalue weighted by Gasteiger charge is 2.18. The number of rotatable bonds is 10. The number of H-pyrrole nitrogens is 1. The predicted octanol–water partition coefficient (Wildman–Crippen LogP) is 24.2. The Morgan fingerprint density at radius 1 is 0.426 bits per heavy atom. The second-order valence-electron chi connectivity index (χ2n) is 25.0. The van der Waals surface area contributed by atoms with Crippen molar-refractivity contribution in [3.8, 4) is 67.5 Å². The SMILES string of the molecule is CC.CC.CC(C)=O.CNC(=O)c1ccccc1.CNc1ccccc1.COc1c(-c2ccccc2)cc(C)cc1-c1ccccc1.COc1c(C)cc(C)cc1C.Cc1nc2cc(-c3ccc4nc(-c5ccccc5)oc4c3)ccc2o1.Cc1nc2ccc(-c3ccc4c(c3)CC(c3ccccc3)=N4)cc2[nH]1. The molecular weight excluding hydrogens is 1340 g/mol. The van der Waals surface area contributed by atoms with E-state index in [0.29, 0.717) is 17.3 Å². The number of ketones is 1. The number of hydrogen-bond acceptors (Lipinski definition) is 11. The molecule has 13 nitrogen and oxygen atoms in total. The molecule has 1 aliphatic heterocycles. The highest BCUT2D eigenvalue weighted by atomic mass is 16.5. The molecule has 0 saturated carbocycles. The Labute approximate surface area is 636 Å². The van der Waals surface area contributed by atoms with Crippen molar-refractivity contribution < 1.29 is 27.9 Å². The lowest BCUT2D eigenvalue weighted by Gasteiger charge is -2.15. The van der Waals surface area contributed by atoms with E-state index >= 15 is 0 Å². The second kappa shape index (κ2) is 41.1. The largest absolute Gasteiger partial charge is 0.496 e. The number of amides is 1. The molecule has 12 aromatic carbocycles. The number of nitrogens with one attached hydrogen (secondary N) is 3. The average molecular weight is 1430 g/mol. The topological polar surface area (TPSA) is 170 Å². The molecule has 0 saturated heterocycles. The van der Waals surface area contributed by atoms with Crippen LogP contribution in [-0.4, -0.2) is 65.7 Å². The highest BCUT2D eigenvalue weighted by molar-refractivity contribution is 6.07. The molecule has 108 heavy (non-hydrogen) atoms. The summed E-state index contributed by atoms with van der Waals surface area (Å²) in [5, 5.41) is 5.57. The number of aromatic amines is 1. The summed E-state index contributed by atoms with van der Waals surface area (Å²) in [5.41, 5.74) is 27.0. The summed E-state index contributed by atoms with van der Waals surface area (Å²) in [6.45, 7) is 23.2. The van der Waals surface area contributed by atoms with Gasteiger partial charge in [-0.2, -0.15) is 0 Å². The number of aliphatic imine (C=N–C) groups is 1. The lowest BCUT2D eigenvalue weighted by Crippen LogP contribution is -2.17. The molecule has 0 aliphatic carbocycles. The molecule has 550 valence electrons. The Morgan fingerprint density at radius 2 is 0.889 bits per heavy atom. The third-order valence-electron chi connectivity index (χ3n) is 16.7. The summed E-state index contributed by atoms with van der Waals surface area (Å²) < 4.78 is 22.5. The van der Waals surface area contributed by atoms with Crippen LogP contribution in [0, 0.1) is 41.5 Å². The second-order valence-corrected chi connectivity index (χ2v) is 25.0. The van der Waals surface area contributed by atoms with Crippen molar-refractivity contribution in [1.82, 2.24) is 25.3 Å². The first-order valence-corrected chi connectivity index (χ1v) is 36.4. The number of carbonyl (C=O) groups is 2. The van der Waals surface area contributed by atoms with Gasteiger partial charge in [-0.1, -0.05) is 215 Å². The van der Waals surface area contributed by atoms with Crippen LogP contribution in [0.15, 0.2) is 293 Å². The Kier molecular flexibility index (Phi) is 30.8. The minimum absolute atomic E-state index is 0.0411. The van der Waals surface area contributed by atoms with Crippen LogP contribution >= 0.6 is 0 Å². The standard InChI is InChI=1S/C22H17N3.C21H14N2O2.C20H18O.C10H14O.C8H9NO.C7H9N.C3H6O.2C2H6/c1-14-23-20-10-8-17(12-22(20)24-14)16-7-9-19-18(11-16)13-21(25-19)15-5-3-2-4-6-15;1-13-22-18-11-15(8-10-19(18)24-13)16-7-9-17-20(12-16)25-21(23-17)14-5-3-2-4-6-14;1-15-13-18(16-9-5-3-6-10-16)20(21-2)19(14-15)17-11-7-4-8-12-17;1-7-5-8(2)10(11-4)9(3)6-7;1-9-8(10)7-5-3-2-4-6-7;1-8-7-5-3-2-4-6-7;1-3(2)4;2*1-2/h2-12H,13H2,1H3,(H,23,24);2-12H,1H3;3-14H,1-2H3;5-6H,1-4H3;2-6H,1H3,(H,9,10);2-6,8H,1H3;1-2H3;2*1-2H3. The molecule has 13 heteroatoms. The molecule has 3 aromatic heterocycles. The number of methoxy groups -OCH3 is 2. The number of para-hydroxylation sites is 1. The third-order valence-corrected chi connectivity index (χ3v) is 16.7. The van der Waals surface area contributed by atoms with Gasteiger partial charge in [-0.25, -0.2) is 15.0 Å². The first kappa shape index (κ1) is 80.9. The molecule has 1 amide bonds. The fourth-order valence-electron chi connectivity index (χ4n) is 12.0. The minimum atomic E-state index is -0.0411. The van der Waals surface area contributed by atoms with Gasteiger partial charge in [0.2, 0.25) is 5.89 Å². The zero-order chi connectivity index (χ0) is 77.5. The van der Waals surface area contributed by atoms with E-state index in [1.54, 1.807) is 33.4 Å². The fraction of sp³-hybridized carbons (Fsp3) is 0.179. The maximum Gasteiger partial charge on any atom is 0.251 e. The molecule has 0 atom stereocenters. The number of hydrogen-bond donors (Lipinski definition) is 3. The third kappa shape index (κ3) is 22.6. The lowest BCUT2D eigenvalue weighted by molar-refractivity contribution is -0.115. The monoisotopic (exact) mass is 1430 g/mol. The number of aryl methyl sites for hydroxylation is 6. The van der Waals surface area contributed by atoms with E-state index in [1.807, 2.05) is 182 Å². The van der Waals surface area contributed by atoms with E-state index in [-0.39, 0.29) is 11.7 Å². The molecule has 0 spiro atoms. The number of nitrogens with zero attached hydrogens (tertiary/aromatic N) is 4. The number of aromatic nitrogens is 4. The fourth-order valence-corrected chi connectivity index (χ4v) is 12.0. The van der Waals surface area contributed by atoms with E-state index in [4.69, 9.17) is 23.3 Å². The van der Waals surface area contributed by atoms with Crippen molar-refractivity contribution in [2.24, 2.45) is 4.99 Å². The molecular formula is C95H99N7O6. The molecule has 4 heterocycles. The Hall–Kier alpha value is -12.7. The van der Waals surface area contributed by atoms with Crippen LogP contribution in [0.25, 0.3) is 89.2 Å². The van der Waals surface area contributed by atoms with Crippen molar-refractivity contribution in [3.63, 3.8) is 0 Å². The summed E-state index contributed by atoms with van der Waals surface area (Å²) in [4.78, 5) is 41.9. The van der Waals surface area contributed by atoms with Crippen LogP contribution in [0.5, 0.6) is 11.5 Å². The van der Waals surface area contributed by atoms with Crippen molar-refractivity contribution in [2.45, 2.75) is 89.5 Å². The van der Waals surface area contributed by atoms with Gasteiger partial charge < -0.3 is 38.7 Å². The molecule has 0 fully saturated rings. The first-order chi connectivity index (χ1) is 52.5. The van der Waals surface area contributed by atoms with Crippen molar-refractivity contribution >= 4 is 62.0 Å². The lowest BCUT2D eigenvalue weighted by atomic mass is 9.95.